The molecule has 5 aliphatic carbocycles. The summed E-state index contributed by atoms with van der Waals surface area (Å²) in [7, 11) is 0. The minimum absolute atomic E-state index is 0.195. The number of halogens is 1. The molecule has 0 saturated heterocycles. The van der Waals surface area contributed by atoms with Crippen LogP contribution in [0.3, 0.4) is 0 Å². The summed E-state index contributed by atoms with van der Waals surface area (Å²) in [5.41, 5.74) is 7.30. The fraction of sp³-hybridized carbons (Fsp3) is 0.0845. The highest BCUT2D eigenvalue weighted by Gasteiger charge is 2.94. The molecule has 0 amide bonds. The molecular formula is C71H11ClO. The van der Waals surface area contributed by atoms with Crippen LogP contribution in [-0.2, 0) is 21.0 Å². The van der Waals surface area contributed by atoms with Crippen LogP contribution < -0.4 is 0 Å². The van der Waals surface area contributed by atoms with Crippen molar-refractivity contribution in [2.45, 2.75) is 35.5 Å². The van der Waals surface area contributed by atoms with Crippen molar-refractivity contribution < 1.29 is 4.79 Å². The molecule has 73 heavy (non-hydrogen) atoms. The van der Waals surface area contributed by atoms with Gasteiger partial charge in [-0.25, -0.2) is 0 Å². The Balaban J connectivity index is 1.14. The van der Waals surface area contributed by atoms with Gasteiger partial charge in [0.15, 0.2) is 0 Å². The van der Waals surface area contributed by atoms with Crippen molar-refractivity contribution in [1.82, 2.24) is 0 Å². The highest BCUT2D eigenvalue weighted by molar-refractivity contribution is 6.82. The summed E-state index contributed by atoms with van der Waals surface area (Å²) in [4.78, 5) is 13.3. The van der Waals surface area contributed by atoms with E-state index in [1.165, 1.54) is 5.56 Å². The average molecular weight is 915 g/mol. The van der Waals surface area contributed by atoms with Gasteiger partial charge in [-0.15, -0.1) is 0 Å². The van der Waals surface area contributed by atoms with E-state index in [2.05, 4.69) is 30.3 Å². The Hall–Kier alpha value is -8.36. The summed E-state index contributed by atoms with van der Waals surface area (Å²) in [5.74, 6) is 0. The first kappa shape index (κ1) is 28.0. The van der Waals surface area contributed by atoms with Gasteiger partial charge < -0.3 is 0 Å². The van der Waals surface area contributed by atoms with E-state index in [9.17, 15) is 4.79 Å². The summed E-state index contributed by atoms with van der Waals surface area (Å²) < 4.78 is 0. The minimum atomic E-state index is -0.345. The van der Waals surface area contributed by atoms with Crippen LogP contribution in [-0.4, -0.2) is 5.24 Å². The predicted octanol–water partition coefficient (Wildman–Crippen LogP) is 19.2. The van der Waals surface area contributed by atoms with Crippen LogP contribution in [0.1, 0.15) is 47.1 Å². The summed E-state index contributed by atoms with van der Waals surface area (Å²) in [5, 5.41) is 88.1. The van der Waals surface area contributed by atoms with E-state index >= 15 is 0 Å². The van der Waals surface area contributed by atoms with Gasteiger partial charge >= 0.3 is 0 Å². The number of hydrogen-bond donors (Lipinski definition) is 0. The molecule has 0 unspecified atom stereocenters. The normalized spacial score (nSPS) is 23.8. The van der Waals surface area contributed by atoms with Crippen molar-refractivity contribution in [3.05, 3.63) is 58.1 Å². The number of carbonyl (C=O) groups is 1. The van der Waals surface area contributed by atoms with Crippen LogP contribution in [0.4, 0.5) is 0 Å². The predicted molar refractivity (Wildman–Crippen MR) is 307 cm³/mol. The molecule has 0 N–H and O–H groups in total. The Bertz CT molecular complexity index is 6950. The molecule has 0 bridgehead atoms. The number of carbonyl (C=O) groups excluding carboxylic acids is 1. The lowest BCUT2D eigenvalue weighted by atomic mass is 9.68. The molecule has 0 heterocycles. The quantitative estimate of drug-likeness (QED) is 0.124. The summed E-state index contributed by atoms with van der Waals surface area (Å²) in [6.07, 6.45) is 2.11. The van der Waals surface area contributed by atoms with Crippen molar-refractivity contribution in [3.63, 3.8) is 0 Å². The Morgan fingerprint density at radius 2 is 0.452 bits per heavy atom. The summed E-state index contributed by atoms with van der Waals surface area (Å²) >= 11 is 6.54. The zero-order valence-corrected chi connectivity index (χ0v) is 38.1. The van der Waals surface area contributed by atoms with Crippen LogP contribution in [0.5, 0.6) is 0 Å². The van der Waals surface area contributed by atoms with Crippen molar-refractivity contribution in [3.8, 4) is 0 Å². The van der Waals surface area contributed by atoms with Crippen LogP contribution in [0.2, 0.25) is 0 Å². The van der Waals surface area contributed by atoms with Gasteiger partial charge in [0.2, 0.25) is 5.24 Å². The Kier molecular flexibility index (Phi) is 2.45. The Morgan fingerprint density at radius 3 is 0.630 bits per heavy atom. The summed E-state index contributed by atoms with van der Waals surface area (Å²) in [6, 6.07) is 12.1. The second kappa shape index (κ2) is 6.39. The van der Waals surface area contributed by atoms with E-state index in [4.69, 9.17) is 11.6 Å². The van der Waals surface area contributed by atoms with Gasteiger partial charge in [0.05, 0.1) is 0 Å². The molecule has 308 valence electrons. The lowest BCUT2D eigenvalue weighted by Gasteiger charge is -2.32. The number of hydrogen-bond acceptors (Lipinski definition) is 1. The third kappa shape index (κ3) is 1.50. The standard InChI is InChI=1S/C71H11ClO/c72-10(73)7-4-8-69(9-5-2-1-3-6-9)70-65-57-49-39-29-21-13-11-12-15-19-17(13)25-33-27(19)37-31-23(15)24-16(12)20-18-14(11)22(21)30-36-26(18)34-28(20)38-32(24)42-41(31)51-45(37)55-47(33)53(43(49)35(25)29)61(65)63(55)67-59(51)60-52(42)46(38)56-48(34)54-44(36)50(40(30)39)58(57)66(70)62(54)64(56)68(60)71(67,69)70/h1-3,5-6H,4,7-8H2. The molecule has 2 heteroatoms. The second-order valence-electron chi connectivity index (χ2n) is 26.7. The smallest absolute Gasteiger partial charge is 0.221 e. The SMILES string of the molecule is O=C(Cl)CCCC1(c2ccccc2)C23c4c5c6c7c8c9c(c%10c%11c2c2c4c4c%12c5c5c6c6c8c8c%13c9c9c%10c%10c%11c%11c2c2c4c4c%12c%12c5c5c6c8c6c8c%13c9c9c%10c%10c%11c2c2c4c4c%12c5c6c5c8c9c%10c2c45)C713. The molecule has 0 aliphatic heterocycles. The lowest BCUT2D eigenvalue weighted by molar-refractivity contribution is -0.111. The molecule has 34 rings (SSSR count). The maximum Gasteiger partial charge on any atom is 0.221 e. The van der Waals surface area contributed by atoms with Crippen molar-refractivity contribution in [1.29, 1.82) is 0 Å². The minimum Gasteiger partial charge on any atom is -0.281 e. The fourth-order valence-corrected chi connectivity index (χ4v) is 27.0. The zero-order valence-electron chi connectivity index (χ0n) is 37.3. The maximum absolute atomic E-state index is 13.3. The lowest BCUT2D eigenvalue weighted by Crippen LogP contribution is -2.27. The van der Waals surface area contributed by atoms with E-state index in [0.29, 0.717) is 6.42 Å². The van der Waals surface area contributed by atoms with Crippen molar-refractivity contribution in [2.75, 3.05) is 0 Å². The highest BCUT2D eigenvalue weighted by Crippen LogP contribution is 2.97. The van der Waals surface area contributed by atoms with E-state index in [1.807, 2.05) is 0 Å². The molecule has 2 spiro atoms. The van der Waals surface area contributed by atoms with Crippen LogP contribution in [0, 0.1) is 0 Å². The molecule has 0 radical (unpaired) electrons. The second-order valence-corrected chi connectivity index (χ2v) is 27.2. The first-order valence-electron chi connectivity index (χ1n) is 27.3. The molecule has 29 aromatic rings. The molecule has 29 aromatic carbocycles. The summed E-state index contributed by atoms with van der Waals surface area (Å²) in [6.45, 7) is 0. The zero-order chi connectivity index (χ0) is 43.8. The number of benzene rings is 19. The van der Waals surface area contributed by atoms with Crippen LogP contribution >= 0.6 is 11.6 Å². The van der Waals surface area contributed by atoms with Crippen LogP contribution in [0.15, 0.2) is 30.3 Å². The monoisotopic (exact) mass is 914 g/mol. The van der Waals surface area contributed by atoms with Gasteiger partial charge in [0, 0.05) is 22.7 Å². The first-order valence-corrected chi connectivity index (χ1v) is 27.6. The molecule has 1 saturated carbocycles. The van der Waals surface area contributed by atoms with Crippen molar-refractivity contribution >= 4 is 308 Å². The third-order valence-corrected chi connectivity index (χ3v) is 26.9. The Labute approximate surface area is 403 Å². The van der Waals surface area contributed by atoms with E-state index in [0.717, 1.165) is 12.8 Å². The van der Waals surface area contributed by atoms with Gasteiger partial charge in [-0.3, -0.25) is 4.79 Å². The topological polar surface area (TPSA) is 17.1 Å². The Morgan fingerprint density at radius 1 is 0.274 bits per heavy atom. The van der Waals surface area contributed by atoms with E-state index in [1.54, 1.807) is 313 Å². The van der Waals surface area contributed by atoms with Crippen molar-refractivity contribution in [2.24, 2.45) is 0 Å². The van der Waals surface area contributed by atoms with Gasteiger partial charge in [-0.1, -0.05) is 30.3 Å². The van der Waals surface area contributed by atoms with Gasteiger partial charge in [0.1, 0.15) is 0 Å². The highest BCUT2D eigenvalue weighted by atomic mass is 35.5. The molecule has 5 aliphatic rings. The molecule has 1 nitrogen and oxygen atoms in total. The van der Waals surface area contributed by atoms with Gasteiger partial charge in [-0.2, -0.15) is 0 Å². The van der Waals surface area contributed by atoms with Crippen LogP contribution in [0.25, 0.3) is 291 Å². The van der Waals surface area contributed by atoms with Gasteiger partial charge in [-0.05, 0) is 343 Å². The van der Waals surface area contributed by atoms with E-state index in [-0.39, 0.29) is 21.5 Å². The number of rotatable bonds is 5. The average Bonchev–Trinajstić information content (AvgIpc) is 4.38. The van der Waals surface area contributed by atoms with Gasteiger partial charge in [0.25, 0.3) is 0 Å². The molecular weight excluding hydrogens is 904 g/mol. The molecule has 1 fully saturated rings. The third-order valence-electron chi connectivity index (χ3n) is 26.7. The van der Waals surface area contributed by atoms with E-state index < -0.39 is 0 Å². The first-order chi connectivity index (χ1) is 36.3. The molecule has 0 atom stereocenters. The maximum atomic E-state index is 13.3. The molecule has 0 aromatic heterocycles. The fourth-order valence-electron chi connectivity index (χ4n) is 26.9. The largest absolute Gasteiger partial charge is 0.281 e.